The summed E-state index contributed by atoms with van der Waals surface area (Å²) < 4.78 is 22.6. The molecule has 42 heavy (non-hydrogen) atoms. The van der Waals surface area contributed by atoms with Crippen molar-refractivity contribution in [3.63, 3.8) is 0 Å². The minimum atomic E-state index is -1.77. The highest BCUT2D eigenvalue weighted by molar-refractivity contribution is 5.93. The number of aliphatic hydroxyl groups excluding tert-OH is 1. The predicted molar refractivity (Wildman–Crippen MR) is 157 cm³/mol. The van der Waals surface area contributed by atoms with E-state index in [1.807, 2.05) is 0 Å². The van der Waals surface area contributed by atoms with E-state index in [0.717, 1.165) is 19.3 Å². The van der Waals surface area contributed by atoms with Gasteiger partial charge in [0.2, 0.25) is 0 Å². The van der Waals surface area contributed by atoms with E-state index in [2.05, 4.69) is 40.3 Å². The molecule has 0 aromatic heterocycles. The van der Waals surface area contributed by atoms with Crippen LogP contribution in [-0.4, -0.2) is 60.3 Å². The number of aliphatic hydroxyl groups is 2. The average Bonchev–Trinajstić information content (AvgIpc) is 3.24. The van der Waals surface area contributed by atoms with Gasteiger partial charge in [0, 0.05) is 11.8 Å². The van der Waals surface area contributed by atoms with Crippen molar-refractivity contribution in [2.75, 3.05) is 14.2 Å². The van der Waals surface area contributed by atoms with Crippen LogP contribution in [0.4, 0.5) is 0 Å². The minimum Gasteiger partial charge on any atom is -0.493 e. The molecule has 8 heteroatoms. The molecule has 10 atom stereocenters. The Morgan fingerprint density at radius 3 is 2.50 bits per heavy atom. The van der Waals surface area contributed by atoms with Gasteiger partial charge in [-0.3, -0.25) is 0 Å². The van der Waals surface area contributed by atoms with Crippen molar-refractivity contribution in [3.05, 3.63) is 47.6 Å². The number of carbonyl (C=O) groups is 2. The van der Waals surface area contributed by atoms with Gasteiger partial charge >= 0.3 is 11.9 Å². The van der Waals surface area contributed by atoms with Gasteiger partial charge in [0.25, 0.3) is 0 Å². The topological polar surface area (TPSA) is 112 Å². The molecule has 1 aliphatic heterocycles. The number of esters is 2. The number of allylic oxidation sites excluding steroid dienone is 2. The summed E-state index contributed by atoms with van der Waals surface area (Å²) in [7, 11) is 3.04. The van der Waals surface area contributed by atoms with Crippen LogP contribution in [0, 0.1) is 40.9 Å². The van der Waals surface area contributed by atoms with Gasteiger partial charge in [0.15, 0.2) is 17.6 Å². The molecule has 8 nitrogen and oxygen atoms in total. The molecular weight excluding hydrogens is 536 g/mol. The Hall–Kier alpha value is -2.84. The van der Waals surface area contributed by atoms with E-state index < -0.39 is 35.7 Å². The maximum absolute atomic E-state index is 13.6. The number of fused-ring (bicyclic) bond motifs is 3. The molecule has 2 saturated carbocycles. The third kappa shape index (κ3) is 4.66. The minimum absolute atomic E-state index is 0.0737. The Balaban J connectivity index is 1.49. The van der Waals surface area contributed by atoms with Crippen LogP contribution in [0.2, 0.25) is 0 Å². The SMILES string of the molecule is C=C1C2CC3C(C(C)C)C(OC(=O)c4cccc(OC)c4OC)CC3(C)CC2C(C)=CCC2C(C)OC(=O)C(O)C12O. The highest BCUT2D eigenvalue weighted by Crippen LogP contribution is 2.63. The average molecular weight is 583 g/mol. The lowest BCUT2D eigenvalue weighted by Crippen LogP contribution is -2.63. The maximum Gasteiger partial charge on any atom is 0.342 e. The molecule has 230 valence electrons. The van der Waals surface area contributed by atoms with Gasteiger partial charge in [-0.05, 0) is 86.3 Å². The second kappa shape index (κ2) is 11.0. The molecule has 3 fully saturated rings. The van der Waals surface area contributed by atoms with Crippen LogP contribution in [0.25, 0.3) is 0 Å². The molecular formula is C34H46O8. The van der Waals surface area contributed by atoms with Crippen molar-refractivity contribution in [2.45, 2.75) is 84.2 Å². The van der Waals surface area contributed by atoms with Crippen LogP contribution < -0.4 is 9.47 Å². The summed E-state index contributed by atoms with van der Waals surface area (Å²) in [5.41, 5.74) is 0.182. The smallest absolute Gasteiger partial charge is 0.342 e. The van der Waals surface area contributed by atoms with Crippen molar-refractivity contribution in [1.29, 1.82) is 0 Å². The van der Waals surface area contributed by atoms with Crippen molar-refractivity contribution < 1.29 is 38.7 Å². The highest BCUT2D eigenvalue weighted by atomic mass is 16.6. The largest absolute Gasteiger partial charge is 0.493 e. The number of ether oxygens (including phenoxy) is 4. The fourth-order valence-corrected chi connectivity index (χ4v) is 8.97. The summed E-state index contributed by atoms with van der Waals surface area (Å²) in [6.45, 7) is 14.9. The Labute approximate surface area is 249 Å². The number of benzene rings is 1. The van der Waals surface area contributed by atoms with E-state index in [1.54, 1.807) is 25.1 Å². The lowest BCUT2D eigenvalue weighted by atomic mass is 9.53. The molecule has 2 N–H and O–H groups in total. The van der Waals surface area contributed by atoms with Gasteiger partial charge in [-0.1, -0.05) is 45.1 Å². The molecule has 0 spiro atoms. The maximum atomic E-state index is 13.6. The number of hydrogen-bond acceptors (Lipinski definition) is 8. The van der Waals surface area contributed by atoms with Gasteiger partial charge in [0.05, 0.1) is 14.2 Å². The first-order valence-electron chi connectivity index (χ1n) is 15.2. The standard InChI is InChI=1S/C34H46O8/c1-17(2)28-25-14-22-19(4)34(38)24(20(5)41-32(37)30(34)35)13-12-18(3)23(22)15-33(25,6)16-27(28)42-31(36)21-10-9-11-26(39-7)29(21)40-8/h9-12,17,20,22-25,27-28,30,35,38H,4,13-16H2,1-3,5-8H3. The van der Waals surface area contributed by atoms with Crippen molar-refractivity contribution in [3.8, 4) is 11.5 Å². The van der Waals surface area contributed by atoms with Crippen LogP contribution in [-0.2, 0) is 14.3 Å². The Morgan fingerprint density at radius 1 is 1.14 bits per heavy atom. The molecule has 0 radical (unpaired) electrons. The van der Waals surface area contributed by atoms with Crippen molar-refractivity contribution >= 4 is 11.9 Å². The Bertz CT molecular complexity index is 1280. The highest BCUT2D eigenvalue weighted by Gasteiger charge is 2.62. The summed E-state index contributed by atoms with van der Waals surface area (Å²) in [4.78, 5) is 26.2. The molecule has 5 rings (SSSR count). The second-order valence-electron chi connectivity index (χ2n) is 13.6. The van der Waals surface area contributed by atoms with Gasteiger partial charge in [-0.25, -0.2) is 9.59 Å². The third-order valence-electron chi connectivity index (χ3n) is 11.1. The molecule has 10 unspecified atom stereocenters. The zero-order valence-corrected chi connectivity index (χ0v) is 25.9. The van der Waals surface area contributed by atoms with Crippen LogP contribution in [0.15, 0.2) is 42.0 Å². The Kier molecular flexibility index (Phi) is 8.03. The number of methoxy groups -OCH3 is 2. The van der Waals surface area contributed by atoms with E-state index in [0.29, 0.717) is 29.1 Å². The van der Waals surface area contributed by atoms with Gasteiger partial charge in [0.1, 0.15) is 23.4 Å². The van der Waals surface area contributed by atoms with Gasteiger partial charge < -0.3 is 29.2 Å². The van der Waals surface area contributed by atoms with Crippen LogP contribution in [0.1, 0.15) is 70.7 Å². The summed E-state index contributed by atoms with van der Waals surface area (Å²) in [6.07, 6.45) is 2.36. The summed E-state index contributed by atoms with van der Waals surface area (Å²) in [5.74, 6) is -0.489. The van der Waals surface area contributed by atoms with E-state index in [9.17, 15) is 19.8 Å². The van der Waals surface area contributed by atoms with Crippen LogP contribution in [0.5, 0.6) is 11.5 Å². The fourth-order valence-electron chi connectivity index (χ4n) is 8.97. The number of rotatable bonds is 5. The number of hydrogen-bond donors (Lipinski definition) is 2. The summed E-state index contributed by atoms with van der Waals surface area (Å²) >= 11 is 0. The van der Waals surface area contributed by atoms with Crippen LogP contribution >= 0.6 is 0 Å². The summed E-state index contributed by atoms with van der Waals surface area (Å²) in [6, 6.07) is 5.19. The van der Waals surface area contributed by atoms with E-state index in [-0.39, 0.29) is 41.1 Å². The predicted octanol–water partition coefficient (Wildman–Crippen LogP) is 5.11. The second-order valence-corrected chi connectivity index (χ2v) is 13.6. The summed E-state index contributed by atoms with van der Waals surface area (Å²) in [5, 5.41) is 23.1. The quantitative estimate of drug-likeness (QED) is 0.364. The van der Waals surface area contributed by atoms with Crippen molar-refractivity contribution in [1.82, 2.24) is 0 Å². The van der Waals surface area contributed by atoms with Crippen LogP contribution in [0.3, 0.4) is 0 Å². The van der Waals surface area contributed by atoms with E-state index in [1.165, 1.54) is 19.8 Å². The monoisotopic (exact) mass is 582 g/mol. The molecule has 1 aromatic rings. The Morgan fingerprint density at radius 2 is 1.86 bits per heavy atom. The molecule has 1 saturated heterocycles. The zero-order valence-electron chi connectivity index (χ0n) is 25.9. The molecule has 1 heterocycles. The lowest BCUT2D eigenvalue weighted by molar-refractivity contribution is -0.209. The molecule has 1 aromatic carbocycles. The van der Waals surface area contributed by atoms with Gasteiger partial charge in [-0.15, -0.1) is 0 Å². The van der Waals surface area contributed by atoms with Crippen molar-refractivity contribution in [2.24, 2.45) is 40.9 Å². The van der Waals surface area contributed by atoms with E-state index >= 15 is 0 Å². The number of carbonyl (C=O) groups excluding carboxylic acids is 2. The number of cyclic esters (lactones) is 1. The number of para-hydroxylation sites is 1. The molecule has 0 bridgehead atoms. The first kappa shape index (κ1) is 30.6. The fraction of sp³-hybridized carbons (Fsp3) is 0.647. The first-order chi connectivity index (χ1) is 19.8. The molecule has 0 amide bonds. The first-order valence-corrected chi connectivity index (χ1v) is 15.2. The van der Waals surface area contributed by atoms with E-state index in [4.69, 9.17) is 18.9 Å². The third-order valence-corrected chi connectivity index (χ3v) is 11.1. The zero-order chi connectivity index (χ0) is 30.7. The lowest BCUT2D eigenvalue weighted by Gasteiger charge is -2.54. The molecule has 4 aliphatic rings. The molecule has 3 aliphatic carbocycles. The van der Waals surface area contributed by atoms with Gasteiger partial charge in [-0.2, -0.15) is 0 Å². The normalized spacial score (nSPS) is 39.6.